The highest BCUT2D eigenvalue weighted by atomic mass is 32.1. The Hall–Kier alpha value is -3.19. The minimum atomic E-state index is -0.581. The number of rotatable bonds is 5. The summed E-state index contributed by atoms with van der Waals surface area (Å²) in [7, 11) is 0. The summed E-state index contributed by atoms with van der Waals surface area (Å²) in [5.74, 6) is -0.234. The number of nitrogens with zero attached hydrogens (tertiary/aromatic N) is 1. The van der Waals surface area contributed by atoms with Crippen LogP contribution in [0.5, 0.6) is 0 Å². The number of benzene rings is 2. The standard InChI is InChI=1S/C20H19N3O3S/c1-3-26-20(25)23-19-21-16(14-9-5-4-6-10-14)18(27-19)22-17(24)15-11-7-8-13(2)12-15/h4-12H,3H2,1-2H3,(H,22,24)(H,21,23,25). The predicted molar refractivity (Wildman–Crippen MR) is 107 cm³/mol. The predicted octanol–water partition coefficient (Wildman–Crippen LogP) is 4.94. The molecule has 0 unspecified atom stereocenters. The van der Waals surface area contributed by atoms with Gasteiger partial charge in [0, 0.05) is 11.1 Å². The maximum absolute atomic E-state index is 12.6. The molecular weight excluding hydrogens is 362 g/mol. The SMILES string of the molecule is CCOC(=O)Nc1nc(-c2ccccc2)c(NC(=O)c2cccc(C)c2)s1. The van der Waals surface area contributed by atoms with E-state index < -0.39 is 6.09 Å². The molecule has 0 aliphatic heterocycles. The number of hydrogen-bond donors (Lipinski definition) is 2. The van der Waals surface area contributed by atoms with Gasteiger partial charge in [-0.05, 0) is 26.0 Å². The molecular formula is C20H19N3O3S. The number of carbonyl (C=O) groups excluding carboxylic acids is 2. The van der Waals surface area contributed by atoms with Crippen LogP contribution in [0.2, 0.25) is 0 Å². The third-order valence-electron chi connectivity index (χ3n) is 3.67. The Labute approximate surface area is 161 Å². The molecule has 0 radical (unpaired) electrons. The molecule has 138 valence electrons. The minimum absolute atomic E-state index is 0.234. The molecule has 1 aromatic heterocycles. The summed E-state index contributed by atoms with van der Waals surface area (Å²) in [6, 6.07) is 16.8. The molecule has 1 heterocycles. The zero-order valence-corrected chi connectivity index (χ0v) is 15.8. The van der Waals surface area contributed by atoms with Crippen LogP contribution in [0.25, 0.3) is 11.3 Å². The number of anilines is 2. The summed E-state index contributed by atoms with van der Waals surface area (Å²) in [5.41, 5.74) is 2.99. The fraction of sp³-hybridized carbons (Fsp3) is 0.150. The van der Waals surface area contributed by atoms with Crippen LogP contribution in [-0.4, -0.2) is 23.6 Å². The molecule has 27 heavy (non-hydrogen) atoms. The first-order chi connectivity index (χ1) is 13.1. The number of ether oxygens (including phenoxy) is 1. The average Bonchev–Trinajstić information content (AvgIpc) is 3.04. The molecule has 0 aliphatic carbocycles. The molecule has 0 spiro atoms. The van der Waals surface area contributed by atoms with Gasteiger partial charge in [0.1, 0.15) is 10.7 Å². The Balaban J connectivity index is 1.91. The highest BCUT2D eigenvalue weighted by Gasteiger charge is 2.18. The van der Waals surface area contributed by atoms with Crippen molar-refractivity contribution in [1.82, 2.24) is 4.98 Å². The third kappa shape index (κ3) is 4.71. The number of hydrogen-bond acceptors (Lipinski definition) is 5. The lowest BCUT2D eigenvalue weighted by molar-refractivity contribution is 0.102. The van der Waals surface area contributed by atoms with Crippen LogP contribution in [0.15, 0.2) is 54.6 Å². The summed E-state index contributed by atoms with van der Waals surface area (Å²) in [6.07, 6.45) is -0.581. The van der Waals surface area contributed by atoms with Gasteiger partial charge in [0.05, 0.1) is 6.61 Å². The molecule has 3 rings (SSSR count). The van der Waals surface area contributed by atoms with E-state index in [9.17, 15) is 9.59 Å². The second-order valence-corrected chi connectivity index (χ2v) is 6.73. The van der Waals surface area contributed by atoms with Crippen molar-refractivity contribution in [3.63, 3.8) is 0 Å². The van der Waals surface area contributed by atoms with Crippen molar-refractivity contribution in [3.8, 4) is 11.3 Å². The zero-order valence-electron chi connectivity index (χ0n) is 15.0. The van der Waals surface area contributed by atoms with Gasteiger partial charge < -0.3 is 10.1 Å². The molecule has 0 bridgehead atoms. The number of aromatic nitrogens is 1. The van der Waals surface area contributed by atoms with Gasteiger partial charge in [0.25, 0.3) is 5.91 Å². The number of carbonyl (C=O) groups is 2. The number of nitrogens with one attached hydrogen (secondary N) is 2. The van der Waals surface area contributed by atoms with Crippen LogP contribution in [0, 0.1) is 6.92 Å². The van der Waals surface area contributed by atoms with Crippen LogP contribution in [0.4, 0.5) is 14.9 Å². The Morgan fingerprint density at radius 3 is 2.56 bits per heavy atom. The summed E-state index contributed by atoms with van der Waals surface area (Å²) < 4.78 is 4.89. The lowest BCUT2D eigenvalue weighted by atomic mass is 10.1. The third-order valence-corrected chi connectivity index (χ3v) is 4.55. The Kier molecular flexibility index (Phi) is 5.83. The first-order valence-corrected chi connectivity index (χ1v) is 9.26. The van der Waals surface area contributed by atoms with E-state index in [0.29, 0.717) is 21.4 Å². The summed E-state index contributed by atoms with van der Waals surface area (Å²) in [5, 5.41) is 6.40. The van der Waals surface area contributed by atoms with E-state index in [-0.39, 0.29) is 12.5 Å². The fourth-order valence-electron chi connectivity index (χ4n) is 2.47. The van der Waals surface area contributed by atoms with Gasteiger partial charge in [-0.2, -0.15) is 0 Å². The van der Waals surface area contributed by atoms with Crippen LogP contribution in [0.1, 0.15) is 22.8 Å². The van der Waals surface area contributed by atoms with Gasteiger partial charge in [-0.1, -0.05) is 59.4 Å². The van der Waals surface area contributed by atoms with Crippen LogP contribution >= 0.6 is 11.3 Å². The monoisotopic (exact) mass is 381 g/mol. The van der Waals surface area contributed by atoms with Crippen molar-refractivity contribution in [2.24, 2.45) is 0 Å². The molecule has 6 nitrogen and oxygen atoms in total. The second kappa shape index (κ2) is 8.46. The van der Waals surface area contributed by atoms with Gasteiger partial charge in [0.2, 0.25) is 0 Å². The Bertz CT molecular complexity index is 954. The van der Waals surface area contributed by atoms with Crippen molar-refractivity contribution in [1.29, 1.82) is 0 Å². The Morgan fingerprint density at radius 2 is 1.85 bits per heavy atom. The van der Waals surface area contributed by atoms with E-state index in [0.717, 1.165) is 11.1 Å². The molecule has 0 saturated heterocycles. The lowest BCUT2D eigenvalue weighted by Gasteiger charge is -2.06. The maximum atomic E-state index is 12.6. The fourth-order valence-corrected chi connectivity index (χ4v) is 3.33. The Morgan fingerprint density at radius 1 is 1.07 bits per heavy atom. The lowest BCUT2D eigenvalue weighted by Crippen LogP contribution is -2.12. The molecule has 2 N–H and O–H groups in total. The van der Waals surface area contributed by atoms with E-state index in [1.165, 1.54) is 11.3 Å². The van der Waals surface area contributed by atoms with Crippen LogP contribution < -0.4 is 10.6 Å². The first kappa shape index (κ1) is 18.6. The molecule has 3 aromatic rings. The van der Waals surface area contributed by atoms with Crippen molar-refractivity contribution in [2.45, 2.75) is 13.8 Å². The highest BCUT2D eigenvalue weighted by Crippen LogP contribution is 2.36. The summed E-state index contributed by atoms with van der Waals surface area (Å²) in [4.78, 5) is 28.8. The summed E-state index contributed by atoms with van der Waals surface area (Å²) in [6.45, 7) is 3.92. The van der Waals surface area contributed by atoms with Crippen molar-refractivity contribution in [3.05, 3.63) is 65.7 Å². The van der Waals surface area contributed by atoms with Gasteiger partial charge in [0.15, 0.2) is 5.13 Å². The van der Waals surface area contributed by atoms with E-state index in [4.69, 9.17) is 4.74 Å². The van der Waals surface area contributed by atoms with Gasteiger partial charge >= 0.3 is 6.09 Å². The van der Waals surface area contributed by atoms with Crippen molar-refractivity contribution >= 4 is 33.5 Å². The molecule has 2 amide bonds. The van der Waals surface area contributed by atoms with E-state index in [2.05, 4.69) is 15.6 Å². The largest absolute Gasteiger partial charge is 0.450 e. The molecule has 0 saturated carbocycles. The zero-order chi connectivity index (χ0) is 19.2. The van der Waals surface area contributed by atoms with Gasteiger partial charge in [-0.3, -0.25) is 10.1 Å². The normalized spacial score (nSPS) is 10.3. The molecule has 0 aliphatic rings. The summed E-state index contributed by atoms with van der Waals surface area (Å²) >= 11 is 1.18. The second-order valence-electron chi connectivity index (χ2n) is 5.73. The van der Waals surface area contributed by atoms with Gasteiger partial charge in [-0.15, -0.1) is 0 Å². The van der Waals surface area contributed by atoms with E-state index in [1.807, 2.05) is 55.5 Å². The number of amides is 2. The van der Waals surface area contributed by atoms with Crippen LogP contribution in [-0.2, 0) is 4.74 Å². The topological polar surface area (TPSA) is 80.3 Å². The molecule has 0 atom stereocenters. The molecule has 2 aromatic carbocycles. The minimum Gasteiger partial charge on any atom is -0.450 e. The first-order valence-electron chi connectivity index (χ1n) is 8.45. The highest BCUT2D eigenvalue weighted by molar-refractivity contribution is 7.20. The molecule has 0 fully saturated rings. The van der Waals surface area contributed by atoms with Gasteiger partial charge in [-0.25, -0.2) is 9.78 Å². The van der Waals surface area contributed by atoms with Crippen molar-refractivity contribution in [2.75, 3.05) is 17.2 Å². The maximum Gasteiger partial charge on any atom is 0.413 e. The smallest absolute Gasteiger partial charge is 0.413 e. The average molecular weight is 381 g/mol. The molecule has 7 heteroatoms. The van der Waals surface area contributed by atoms with Crippen LogP contribution in [0.3, 0.4) is 0 Å². The van der Waals surface area contributed by atoms with Crippen molar-refractivity contribution < 1.29 is 14.3 Å². The van der Waals surface area contributed by atoms with E-state index in [1.54, 1.807) is 13.0 Å². The number of aryl methyl sites for hydroxylation is 1. The quantitative estimate of drug-likeness (QED) is 0.656. The number of thiazole rings is 1. The van der Waals surface area contributed by atoms with E-state index >= 15 is 0 Å².